The van der Waals surface area contributed by atoms with Gasteiger partial charge in [-0.25, -0.2) is 9.97 Å². The van der Waals surface area contributed by atoms with Crippen molar-refractivity contribution in [2.45, 2.75) is 33.6 Å². The number of nitrogens with two attached hydrogens (primary N) is 1. The first-order valence-electron chi connectivity index (χ1n) is 6.54. The van der Waals surface area contributed by atoms with E-state index in [0.29, 0.717) is 18.3 Å². The monoisotopic (exact) mass is 267 g/mol. The molecule has 0 atom stereocenters. The molecule has 0 saturated heterocycles. The molecule has 0 unspecified atom stereocenters. The lowest BCUT2D eigenvalue weighted by Crippen LogP contribution is -2.30. The van der Waals surface area contributed by atoms with Gasteiger partial charge in [0.05, 0.1) is 4.92 Å². The van der Waals surface area contributed by atoms with Crippen LogP contribution < -0.4 is 10.6 Å². The standard InChI is InChI=1S/C12H21N5O2/c1-4-9(5-2)7-16(6-3)12-10(17(18)19)11(13)14-8-15-12/h8-9H,4-7H2,1-3H3,(H2,13,14,15). The number of nitro groups is 1. The third kappa shape index (κ3) is 3.52. The SMILES string of the molecule is CCC(CC)CN(CC)c1ncnc(N)c1[N+](=O)[O-]. The van der Waals surface area contributed by atoms with Crippen LogP contribution in [0.25, 0.3) is 0 Å². The van der Waals surface area contributed by atoms with Crippen molar-refractivity contribution in [3.63, 3.8) is 0 Å². The number of aromatic nitrogens is 2. The van der Waals surface area contributed by atoms with Crippen LogP contribution in [0.15, 0.2) is 6.33 Å². The van der Waals surface area contributed by atoms with Crippen molar-refractivity contribution in [3.05, 3.63) is 16.4 Å². The van der Waals surface area contributed by atoms with E-state index in [4.69, 9.17) is 5.73 Å². The number of anilines is 2. The maximum atomic E-state index is 11.1. The number of hydrogen-bond acceptors (Lipinski definition) is 6. The van der Waals surface area contributed by atoms with Gasteiger partial charge in [-0.2, -0.15) is 0 Å². The van der Waals surface area contributed by atoms with Crippen molar-refractivity contribution < 1.29 is 4.92 Å². The van der Waals surface area contributed by atoms with E-state index in [1.807, 2.05) is 11.8 Å². The molecular formula is C12H21N5O2. The average molecular weight is 267 g/mol. The minimum absolute atomic E-state index is 0.0852. The molecule has 1 aromatic rings. The smallest absolute Gasteiger partial charge is 0.353 e. The van der Waals surface area contributed by atoms with Gasteiger partial charge >= 0.3 is 5.69 Å². The molecule has 0 aliphatic carbocycles. The van der Waals surface area contributed by atoms with Crippen LogP contribution in [0.3, 0.4) is 0 Å². The summed E-state index contributed by atoms with van der Waals surface area (Å²) in [6.45, 7) is 7.56. The lowest BCUT2D eigenvalue weighted by molar-refractivity contribution is -0.383. The molecule has 2 N–H and O–H groups in total. The highest BCUT2D eigenvalue weighted by Gasteiger charge is 2.25. The molecule has 106 valence electrons. The molecule has 1 heterocycles. The Hall–Kier alpha value is -1.92. The van der Waals surface area contributed by atoms with Crippen molar-refractivity contribution in [3.8, 4) is 0 Å². The molecule has 7 heteroatoms. The lowest BCUT2D eigenvalue weighted by Gasteiger charge is -2.25. The summed E-state index contributed by atoms with van der Waals surface area (Å²) in [5.74, 6) is 0.709. The van der Waals surface area contributed by atoms with Gasteiger partial charge in [0, 0.05) is 13.1 Å². The molecule has 0 spiro atoms. The molecule has 0 aliphatic rings. The molecule has 1 aromatic heterocycles. The fraction of sp³-hybridized carbons (Fsp3) is 0.667. The van der Waals surface area contributed by atoms with E-state index in [2.05, 4.69) is 23.8 Å². The minimum Gasteiger partial charge on any atom is -0.378 e. The van der Waals surface area contributed by atoms with Gasteiger partial charge in [0.1, 0.15) is 6.33 Å². The van der Waals surface area contributed by atoms with Crippen LogP contribution in [0, 0.1) is 16.0 Å². The summed E-state index contributed by atoms with van der Waals surface area (Å²) in [5.41, 5.74) is 5.39. The summed E-state index contributed by atoms with van der Waals surface area (Å²) in [4.78, 5) is 20.2. The molecule has 1 rings (SSSR count). The van der Waals surface area contributed by atoms with Crippen LogP contribution in [0.1, 0.15) is 33.6 Å². The predicted molar refractivity (Wildman–Crippen MR) is 75.1 cm³/mol. The van der Waals surface area contributed by atoms with Crippen LogP contribution >= 0.6 is 0 Å². The van der Waals surface area contributed by atoms with Crippen molar-refractivity contribution in [2.24, 2.45) is 5.92 Å². The van der Waals surface area contributed by atoms with Crippen LogP contribution in [0.4, 0.5) is 17.3 Å². The summed E-state index contributed by atoms with van der Waals surface area (Å²) in [5, 5.41) is 11.1. The van der Waals surface area contributed by atoms with Crippen molar-refractivity contribution in [2.75, 3.05) is 23.7 Å². The summed E-state index contributed by atoms with van der Waals surface area (Å²) < 4.78 is 0. The molecule has 0 aliphatic heterocycles. The Morgan fingerprint density at radius 1 is 1.37 bits per heavy atom. The lowest BCUT2D eigenvalue weighted by atomic mass is 10.0. The maximum Gasteiger partial charge on any atom is 0.353 e. The molecule has 0 amide bonds. The molecule has 7 nitrogen and oxygen atoms in total. The molecule has 0 saturated carbocycles. The molecule has 19 heavy (non-hydrogen) atoms. The van der Waals surface area contributed by atoms with Crippen molar-refractivity contribution in [1.82, 2.24) is 9.97 Å². The Bertz CT molecular complexity index is 434. The van der Waals surface area contributed by atoms with Crippen LogP contribution in [-0.2, 0) is 0 Å². The van der Waals surface area contributed by atoms with Crippen LogP contribution in [-0.4, -0.2) is 28.0 Å². The zero-order valence-corrected chi connectivity index (χ0v) is 11.7. The summed E-state index contributed by atoms with van der Waals surface area (Å²) >= 11 is 0. The van der Waals surface area contributed by atoms with Gasteiger partial charge < -0.3 is 10.6 Å². The molecule has 0 aromatic carbocycles. The molecular weight excluding hydrogens is 246 g/mol. The highest BCUT2D eigenvalue weighted by Crippen LogP contribution is 2.30. The zero-order valence-electron chi connectivity index (χ0n) is 11.7. The van der Waals surface area contributed by atoms with Crippen molar-refractivity contribution >= 4 is 17.3 Å². The Kier molecular flexibility index (Phi) is 5.47. The van der Waals surface area contributed by atoms with Crippen LogP contribution in [0.2, 0.25) is 0 Å². The normalized spacial score (nSPS) is 10.7. The van der Waals surface area contributed by atoms with Crippen LogP contribution in [0.5, 0.6) is 0 Å². The fourth-order valence-corrected chi connectivity index (χ4v) is 2.01. The quantitative estimate of drug-likeness (QED) is 0.601. The Morgan fingerprint density at radius 2 is 2.00 bits per heavy atom. The van der Waals surface area contributed by atoms with E-state index in [1.165, 1.54) is 6.33 Å². The largest absolute Gasteiger partial charge is 0.378 e. The van der Waals surface area contributed by atoms with E-state index < -0.39 is 4.92 Å². The second-order valence-electron chi connectivity index (χ2n) is 4.41. The summed E-state index contributed by atoms with van der Waals surface area (Å²) in [6.07, 6.45) is 3.33. The summed E-state index contributed by atoms with van der Waals surface area (Å²) in [6, 6.07) is 0. The second kappa shape index (κ2) is 6.86. The average Bonchev–Trinajstić information content (AvgIpc) is 2.39. The Morgan fingerprint density at radius 3 is 2.47 bits per heavy atom. The number of nitrogen functional groups attached to an aromatic ring is 1. The van der Waals surface area contributed by atoms with Gasteiger partial charge in [-0.05, 0) is 12.8 Å². The van der Waals surface area contributed by atoms with E-state index in [-0.39, 0.29) is 11.5 Å². The first-order chi connectivity index (χ1) is 9.04. The molecule has 0 bridgehead atoms. The summed E-state index contributed by atoms with van der Waals surface area (Å²) in [7, 11) is 0. The van der Waals surface area contributed by atoms with E-state index >= 15 is 0 Å². The van der Waals surface area contributed by atoms with Gasteiger partial charge in [-0.15, -0.1) is 0 Å². The van der Waals surface area contributed by atoms with Gasteiger partial charge in [0.15, 0.2) is 0 Å². The number of rotatable bonds is 7. The van der Waals surface area contributed by atoms with E-state index in [0.717, 1.165) is 19.4 Å². The minimum atomic E-state index is -0.514. The predicted octanol–water partition coefficient (Wildman–Crippen LogP) is 2.23. The third-order valence-corrected chi connectivity index (χ3v) is 3.33. The highest BCUT2D eigenvalue weighted by atomic mass is 16.6. The maximum absolute atomic E-state index is 11.1. The third-order valence-electron chi connectivity index (χ3n) is 3.33. The van der Waals surface area contributed by atoms with E-state index in [1.54, 1.807) is 0 Å². The Labute approximate surface area is 113 Å². The topological polar surface area (TPSA) is 98.2 Å². The molecule has 0 radical (unpaired) electrons. The number of hydrogen-bond donors (Lipinski definition) is 1. The van der Waals surface area contributed by atoms with Crippen molar-refractivity contribution in [1.29, 1.82) is 0 Å². The number of nitrogens with zero attached hydrogens (tertiary/aromatic N) is 4. The second-order valence-corrected chi connectivity index (χ2v) is 4.41. The Balaban J connectivity index is 3.11. The first kappa shape index (κ1) is 15.1. The van der Waals surface area contributed by atoms with Gasteiger partial charge in [-0.3, -0.25) is 10.1 Å². The fourth-order valence-electron chi connectivity index (χ4n) is 2.01. The first-order valence-corrected chi connectivity index (χ1v) is 6.54. The van der Waals surface area contributed by atoms with E-state index in [9.17, 15) is 10.1 Å². The van der Waals surface area contributed by atoms with Gasteiger partial charge in [-0.1, -0.05) is 26.7 Å². The van der Waals surface area contributed by atoms with Gasteiger partial charge in [0.25, 0.3) is 0 Å². The zero-order chi connectivity index (χ0) is 14.4. The highest BCUT2D eigenvalue weighted by molar-refractivity contribution is 5.68. The molecule has 0 fully saturated rings. The van der Waals surface area contributed by atoms with Gasteiger partial charge in [0.2, 0.25) is 11.6 Å².